The number of nitrogens with zero attached hydrogens (tertiary/aromatic N) is 2. The van der Waals surface area contributed by atoms with Crippen molar-refractivity contribution in [2.45, 2.75) is 0 Å². The second kappa shape index (κ2) is 5.29. The Morgan fingerprint density at radius 2 is 1.61 bits per heavy atom. The van der Waals surface area contributed by atoms with Gasteiger partial charge in [-0.25, -0.2) is 4.90 Å². The summed E-state index contributed by atoms with van der Waals surface area (Å²) in [5.74, 6) is -2.50. The quantitative estimate of drug-likeness (QED) is 0.479. The van der Waals surface area contributed by atoms with Crippen LogP contribution in [-0.4, -0.2) is 27.5 Å². The van der Waals surface area contributed by atoms with Gasteiger partial charge in [-0.3, -0.25) is 24.5 Å². The van der Waals surface area contributed by atoms with Crippen LogP contribution in [0.2, 0.25) is 5.02 Å². The lowest BCUT2D eigenvalue weighted by atomic mass is 10.1. The minimum absolute atomic E-state index is 0.0390. The van der Waals surface area contributed by atoms with E-state index in [2.05, 4.69) is 0 Å². The molecule has 8 heteroatoms. The van der Waals surface area contributed by atoms with Gasteiger partial charge in [0.2, 0.25) is 0 Å². The molecule has 23 heavy (non-hydrogen) atoms. The minimum atomic E-state index is -0.881. The summed E-state index contributed by atoms with van der Waals surface area (Å²) in [6.07, 6.45) is 0. The molecule has 2 aromatic carbocycles. The second-order valence-corrected chi connectivity index (χ2v) is 5.18. The predicted octanol–water partition coefficient (Wildman–Crippen LogP) is 2.68. The van der Waals surface area contributed by atoms with Crippen LogP contribution in [0.5, 0.6) is 0 Å². The fourth-order valence-electron chi connectivity index (χ4n) is 2.25. The van der Waals surface area contributed by atoms with Gasteiger partial charge in [0.15, 0.2) is 0 Å². The zero-order valence-electron chi connectivity index (χ0n) is 11.4. The molecule has 1 heterocycles. The standard InChI is InChI=1S/C15H7ClN2O5/c16-9-3-1-8(2-4-9)13(19)17-14(20)11-6-5-10(18(22)23)7-12(11)15(17)21/h1-7H. The molecule has 0 aromatic heterocycles. The molecule has 0 aliphatic carbocycles. The van der Waals surface area contributed by atoms with E-state index < -0.39 is 22.6 Å². The molecular formula is C15H7ClN2O5. The van der Waals surface area contributed by atoms with Gasteiger partial charge >= 0.3 is 0 Å². The minimum Gasteiger partial charge on any atom is -0.268 e. The Balaban J connectivity index is 2.01. The third kappa shape index (κ3) is 2.36. The van der Waals surface area contributed by atoms with Gasteiger partial charge in [-0.15, -0.1) is 0 Å². The molecule has 3 rings (SSSR count). The summed E-state index contributed by atoms with van der Waals surface area (Å²) in [6.45, 7) is 0. The van der Waals surface area contributed by atoms with E-state index in [1.807, 2.05) is 0 Å². The Labute approximate surface area is 134 Å². The van der Waals surface area contributed by atoms with Crippen molar-refractivity contribution in [1.29, 1.82) is 0 Å². The van der Waals surface area contributed by atoms with Crippen molar-refractivity contribution in [2.75, 3.05) is 0 Å². The molecule has 0 saturated carbocycles. The van der Waals surface area contributed by atoms with Crippen molar-refractivity contribution >= 4 is 35.0 Å². The van der Waals surface area contributed by atoms with E-state index in [1.54, 1.807) is 0 Å². The number of fused-ring (bicyclic) bond motifs is 1. The van der Waals surface area contributed by atoms with Gasteiger partial charge in [0.05, 0.1) is 16.1 Å². The topological polar surface area (TPSA) is 97.6 Å². The van der Waals surface area contributed by atoms with Crippen LogP contribution < -0.4 is 0 Å². The average molecular weight is 331 g/mol. The first-order chi connectivity index (χ1) is 10.9. The summed E-state index contributed by atoms with van der Waals surface area (Å²) in [7, 11) is 0. The molecule has 0 radical (unpaired) electrons. The number of rotatable bonds is 2. The van der Waals surface area contributed by atoms with Gasteiger partial charge in [-0.05, 0) is 30.3 Å². The smallest absolute Gasteiger partial charge is 0.268 e. The number of imide groups is 3. The highest BCUT2D eigenvalue weighted by Gasteiger charge is 2.41. The molecule has 0 spiro atoms. The van der Waals surface area contributed by atoms with Crippen molar-refractivity contribution in [1.82, 2.24) is 4.90 Å². The van der Waals surface area contributed by atoms with Gasteiger partial charge in [-0.1, -0.05) is 11.6 Å². The summed E-state index contributed by atoms with van der Waals surface area (Å²) in [4.78, 5) is 47.5. The van der Waals surface area contributed by atoms with E-state index in [0.29, 0.717) is 9.92 Å². The molecule has 0 atom stereocenters. The van der Waals surface area contributed by atoms with Crippen LogP contribution in [0.4, 0.5) is 5.69 Å². The van der Waals surface area contributed by atoms with Crippen molar-refractivity contribution in [3.05, 3.63) is 74.3 Å². The lowest BCUT2D eigenvalue weighted by molar-refractivity contribution is -0.384. The van der Waals surface area contributed by atoms with Crippen molar-refractivity contribution < 1.29 is 19.3 Å². The Kier molecular flexibility index (Phi) is 3.42. The highest BCUT2D eigenvalue weighted by molar-refractivity contribution is 6.32. The Bertz CT molecular complexity index is 876. The zero-order valence-corrected chi connectivity index (χ0v) is 12.1. The van der Waals surface area contributed by atoms with Gasteiger partial charge in [0.25, 0.3) is 23.4 Å². The van der Waals surface area contributed by atoms with Crippen LogP contribution >= 0.6 is 11.6 Å². The molecule has 0 saturated heterocycles. The van der Waals surface area contributed by atoms with E-state index in [-0.39, 0.29) is 22.4 Å². The number of hydrogen-bond acceptors (Lipinski definition) is 5. The number of non-ortho nitro benzene ring substituents is 1. The third-order valence-corrected chi connectivity index (χ3v) is 3.63. The summed E-state index contributed by atoms with van der Waals surface area (Å²) in [5, 5.41) is 11.2. The molecule has 0 bridgehead atoms. The van der Waals surface area contributed by atoms with Crippen LogP contribution in [-0.2, 0) is 0 Å². The number of hydrogen-bond donors (Lipinski definition) is 0. The lowest BCUT2D eigenvalue weighted by Gasteiger charge is -2.11. The van der Waals surface area contributed by atoms with Crippen LogP contribution in [0, 0.1) is 10.1 Å². The van der Waals surface area contributed by atoms with E-state index in [1.165, 1.54) is 30.3 Å². The van der Waals surface area contributed by atoms with E-state index in [9.17, 15) is 24.5 Å². The summed E-state index contributed by atoms with van der Waals surface area (Å²) < 4.78 is 0. The first kappa shape index (κ1) is 14.9. The number of nitro groups is 1. The molecule has 0 fully saturated rings. The van der Waals surface area contributed by atoms with Crippen molar-refractivity contribution in [2.24, 2.45) is 0 Å². The maximum Gasteiger partial charge on any atom is 0.270 e. The van der Waals surface area contributed by atoms with E-state index >= 15 is 0 Å². The van der Waals surface area contributed by atoms with Crippen LogP contribution in [0.1, 0.15) is 31.1 Å². The number of halogens is 1. The normalized spacial score (nSPS) is 13.2. The number of benzene rings is 2. The number of carbonyl (C=O) groups excluding carboxylic acids is 3. The highest BCUT2D eigenvalue weighted by Crippen LogP contribution is 2.28. The van der Waals surface area contributed by atoms with Crippen molar-refractivity contribution in [3.8, 4) is 0 Å². The monoisotopic (exact) mass is 330 g/mol. The fraction of sp³-hybridized carbons (Fsp3) is 0. The lowest BCUT2D eigenvalue weighted by Crippen LogP contribution is -2.36. The van der Waals surface area contributed by atoms with Gasteiger partial charge < -0.3 is 0 Å². The van der Waals surface area contributed by atoms with Gasteiger partial charge in [0.1, 0.15) is 0 Å². The number of carbonyl (C=O) groups is 3. The maximum atomic E-state index is 12.4. The molecule has 0 N–H and O–H groups in total. The Morgan fingerprint density at radius 3 is 2.22 bits per heavy atom. The summed E-state index contributed by atoms with van der Waals surface area (Å²) in [5.41, 5.74) is -0.418. The maximum absolute atomic E-state index is 12.4. The van der Waals surface area contributed by atoms with Crippen LogP contribution in [0.15, 0.2) is 42.5 Å². The Morgan fingerprint density at radius 1 is 1.00 bits per heavy atom. The van der Waals surface area contributed by atoms with Gasteiger partial charge in [0, 0.05) is 22.7 Å². The Hall–Kier alpha value is -3.06. The molecule has 1 aliphatic rings. The zero-order chi connectivity index (χ0) is 16.7. The molecule has 0 unspecified atom stereocenters. The van der Waals surface area contributed by atoms with Crippen LogP contribution in [0.25, 0.3) is 0 Å². The van der Waals surface area contributed by atoms with Crippen molar-refractivity contribution in [3.63, 3.8) is 0 Å². The third-order valence-electron chi connectivity index (χ3n) is 3.38. The fourth-order valence-corrected chi connectivity index (χ4v) is 2.37. The summed E-state index contributed by atoms with van der Waals surface area (Å²) >= 11 is 5.73. The molecule has 1 aliphatic heterocycles. The highest BCUT2D eigenvalue weighted by atomic mass is 35.5. The molecular weight excluding hydrogens is 324 g/mol. The second-order valence-electron chi connectivity index (χ2n) is 4.74. The van der Waals surface area contributed by atoms with E-state index in [0.717, 1.165) is 12.1 Å². The first-order valence-corrected chi connectivity index (χ1v) is 6.75. The first-order valence-electron chi connectivity index (χ1n) is 6.37. The number of amides is 3. The molecule has 3 amide bonds. The predicted molar refractivity (Wildman–Crippen MR) is 79.4 cm³/mol. The summed E-state index contributed by atoms with van der Waals surface area (Å²) in [6, 6.07) is 8.96. The van der Waals surface area contributed by atoms with Crippen LogP contribution in [0.3, 0.4) is 0 Å². The average Bonchev–Trinajstić information content (AvgIpc) is 2.78. The van der Waals surface area contributed by atoms with E-state index in [4.69, 9.17) is 11.6 Å². The SMILES string of the molecule is O=C(c1ccc(Cl)cc1)N1C(=O)c2ccc([N+](=O)[O-])cc2C1=O. The van der Waals surface area contributed by atoms with Gasteiger partial charge in [-0.2, -0.15) is 0 Å². The largest absolute Gasteiger partial charge is 0.270 e. The number of nitro benzene ring substituents is 1. The molecule has 114 valence electrons. The molecule has 7 nitrogen and oxygen atoms in total. The molecule has 2 aromatic rings.